The van der Waals surface area contributed by atoms with E-state index in [4.69, 9.17) is 0 Å². The fourth-order valence-corrected chi connectivity index (χ4v) is 2.23. The highest BCUT2D eigenvalue weighted by atomic mass is 19.3. The van der Waals surface area contributed by atoms with Crippen molar-refractivity contribution in [2.45, 2.75) is 52.7 Å². The molecule has 0 aliphatic rings. The van der Waals surface area contributed by atoms with Crippen LogP contribution in [0.2, 0.25) is 0 Å². The van der Waals surface area contributed by atoms with Gasteiger partial charge in [0.15, 0.2) is 0 Å². The van der Waals surface area contributed by atoms with Crippen LogP contribution in [-0.4, -0.2) is 17.0 Å². The van der Waals surface area contributed by atoms with E-state index >= 15 is 0 Å². The van der Waals surface area contributed by atoms with Crippen molar-refractivity contribution in [3.05, 3.63) is 35.4 Å². The summed E-state index contributed by atoms with van der Waals surface area (Å²) in [7, 11) is 0. The van der Waals surface area contributed by atoms with E-state index in [9.17, 15) is 8.78 Å². The predicted octanol–water partition coefficient (Wildman–Crippen LogP) is 4.16. The van der Waals surface area contributed by atoms with Gasteiger partial charge in [-0.15, -0.1) is 0 Å². The van der Waals surface area contributed by atoms with Crippen molar-refractivity contribution in [2.75, 3.05) is 0 Å². The highest BCUT2D eigenvalue weighted by Gasteiger charge is 2.42. The maximum Gasteiger partial charge on any atom is 0.332 e. The summed E-state index contributed by atoms with van der Waals surface area (Å²) < 4.78 is 28.9. The lowest BCUT2D eigenvalue weighted by Crippen LogP contribution is -2.48. The monoisotopic (exact) mass is 241 g/mol. The van der Waals surface area contributed by atoms with Crippen LogP contribution >= 0.6 is 0 Å². The van der Waals surface area contributed by atoms with Crippen molar-refractivity contribution < 1.29 is 8.78 Å². The molecule has 0 saturated carbocycles. The summed E-state index contributed by atoms with van der Waals surface area (Å²) >= 11 is 0. The minimum absolute atomic E-state index is 0.0694. The van der Waals surface area contributed by atoms with E-state index in [0.717, 1.165) is 5.56 Å². The molecule has 1 aromatic carbocycles. The molecular formula is C14H21F2N. The molecule has 0 N–H and O–H groups in total. The molecule has 1 aromatic rings. The number of benzene rings is 1. The minimum atomic E-state index is -2.92. The average Bonchev–Trinajstić information content (AvgIpc) is 2.15. The van der Waals surface area contributed by atoms with Gasteiger partial charge in [0.2, 0.25) is 0 Å². The van der Waals surface area contributed by atoms with E-state index in [1.165, 1.54) is 11.0 Å². The highest BCUT2D eigenvalue weighted by Crippen LogP contribution is 2.35. The topological polar surface area (TPSA) is 3.24 Å². The third-order valence-corrected chi connectivity index (χ3v) is 2.80. The van der Waals surface area contributed by atoms with Gasteiger partial charge < -0.3 is 0 Å². The van der Waals surface area contributed by atoms with E-state index < -0.39 is 6.05 Å². The molecule has 0 aliphatic carbocycles. The molecule has 0 spiro atoms. The fourth-order valence-electron chi connectivity index (χ4n) is 2.23. The number of aryl methyl sites for hydroxylation is 1. The molecule has 1 rings (SSSR count). The lowest BCUT2D eigenvalue weighted by Gasteiger charge is -2.37. The summed E-state index contributed by atoms with van der Waals surface area (Å²) in [5, 5.41) is 0. The zero-order valence-corrected chi connectivity index (χ0v) is 11.2. The quantitative estimate of drug-likeness (QED) is 0.715. The smallest absolute Gasteiger partial charge is 0.236 e. The molecule has 0 heterocycles. The normalized spacial score (nSPS) is 12.8. The van der Waals surface area contributed by atoms with Gasteiger partial charge in [-0.2, -0.15) is 8.78 Å². The summed E-state index contributed by atoms with van der Waals surface area (Å²) in [5.41, 5.74) is 0.925. The van der Waals surface area contributed by atoms with Gasteiger partial charge >= 0.3 is 6.05 Å². The minimum Gasteiger partial charge on any atom is -0.236 e. The summed E-state index contributed by atoms with van der Waals surface area (Å²) in [6, 6.07) is 3.22. The summed E-state index contributed by atoms with van der Waals surface area (Å²) in [5.74, 6) is 0. The first-order valence-electron chi connectivity index (χ1n) is 6.00. The SMILES string of the molecule is Cc1cccc(C(F)(F)N(C(C)C)C(C)C)c1. The van der Waals surface area contributed by atoms with Crippen molar-refractivity contribution in [2.24, 2.45) is 0 Å². The number of rotatable bonds is 4. The maximum atomic E-state index is 14.4. The molecule has 0 unspecified atom stereocenters. The number of hydrogen-bond donors (Lipinski definition) is 0. The Balaban J connectivity index is 3.15. The molecule has 0 fully saturated rings. The second-order valence-electron chi connectivity index (χ2n) is 5.01. The van der Waals surface area contributed by atoms with E-state index in [2.05, 4.69) is 0 Å². The standard InChI is InChI=1S/C14H21F2N/c1-10(2)17(11(3)4)14(15,16)13-8-6-7-12(5)9-13/h6-11H,1-5H3. The van der Waals surface area contributed by atoms with Gasteiger partial charge in [-0.05, 0) is 40.7 Å². The lowest BCUT2D eigenvalue weighted by atomic mass is 10.1. The molecule has 0 bridgehead atoms. The van der Waals surface area contributed by atoms with Crippen LogP contribution in [0, 0.1) is 6.92 Å². The lowest BCUT2D eigenvalue weighted by molar-refractivity contribution is -0.182. The molecule has 0 aromatic heterocycles. The maximum absolute atomic E-state index is 14.4. The largest absolute Gasteiger partial charge is 0.332 e. The van der Waals surface area contributed by atoms with Gasteiger partial charge in [-0.1, -0.05) is 23.8 Å². The van der Waals surface area contributed by atoms with Crippen LogP contribution in [-0.2, 0) is 6.05 Å². The molecule has 96 valence electrons. The molecule has 0 atom stereocenters. The van der Waals surface area contributed by atoms with Gasteiger partial charge in [-0.3, -0.25) is 0 Å². The Morgan fingerprint density at radius 2 is 1.59 bits per heavy atom. The molecule has 17 heavy (non-hydrogen) atoms. The molecule has 1 nitrogen and oxygen atoms in total. The number of nitrogens with zero attached hydrogens (tertiary/aromatic N) is 1. The van der Waals surface area contributed by atoms with Gasteiger partial charge in [0.05, 0.1) is 0 Å². The van der Waals surface area contributed by atoms with E-state index in [0.29, 0.717) is 0 Å². The Morgan fingerprint density at radius 3 is 2.00 bits per heavy atom. The van der Waals surface area contributed by atoms with Crippen LogP contribution in [0.5, 0.6) is 0 Å². The molecule has 0 amide bonds. The highest BCUT2D eigenvalue weighted by molar-refractivity contribution is 5.25. The Morgan fingerprint density at radius 1 is 1.06 bits per heavy atom. The average molecular weight is 241 g/mol. The predicted molar refractivity (Wildman–Crippen MR) is 67.2 cm³/mol. The van der Waals surface area contributed by atoms with Crippen LogP contribution in [0.3, 0.4) is 0 Å². The van der Waals surface area contributed by atoms with Crippen molar-refractivity contribution in [1.29, 1.82) is 0 Å². The van der Waals surface area contributed by atoms with Crippen LogP contribution in [0.1, 0.15) is 38.8 Å². The van der Waals surface area contributed by atoms with Crippen molar-refractivity contribution >= 4 is 0 Å². The first kappa shape index (κ1) is 14.1. The first-order chi connectivity index (χ1) is 7.76. The van der Waals surface area contributed by atoms with Gasteiger partial charge in [-0.25, -0.2) is 4.90 Å². The Bertz CT molecular complexity index is 364. The second kappa shape index (κ2) is 5.13. The van der Waals surface area contributed by atoms with Crippen molar-refractivity contribution in [3.8, 4) is 0 Å². The summed E-state index contributed by atoms with van der Waals surface area (Å²) in [6.07, 6.45) is 0. The van der Waals surface area contributed by atoms with Crippen LogP contribution in [0.25, 0.3) is 0 Å². The van der Waals surface area contributed by atoms with Crippen molar-refractivity contribution in [1.82, 2.24) is 4.90 Å². The van der Waals surface area contributed by atoms with Crippen LogP contribution in [0.15, 0.2) is 24.3 Å². The number of hydrogen-bond acceptors (Lipinski definition) is 1. The van der Waals surface area contributed by atoms with Gasteiger partial charge in [0, 0.05) is 17.6 Å². The van der Waals surface area contributed by atoms with Gasteiger partial charge in [0.25, 0.3) is 0 Å². The van der Waals surface area contributed by atoms with Crippen LogP contribution < -0.4 is 0 Å². The third kappa shape index (κ3) is 3.03. The van der Waals surface area contributed by atoms with E-state index in [-0.39, 0.29) is 17.6 Å². The number of halogens is 2. The van der Waals surface area contributed by atoms with E-state index in [1.807, 2.05) is 13.0 Å². The molecule has 0 radical (unpaired) electrons. The zero-order valence-electron chi connectivity index (χ0n) is 11.2. The van der Waals surface area contributed by atoms with Crippen LogP contribution in [0.4, 0.5) is 8.78 Å². The molecule has 0 saturated heterocycles. The molecular weight excluding hydrogens is 220 g/mol. The molecule has 3 heteroatoms. The Labute approximate surface area is 102 Å². The summed E-state index contributed by atoms with van der Waals surface area (Å²) in [6.45, 7) is 9.01. The third-order valence-electron chi connectivity index (χ3n) is 2.80. The van der Waals surface area contributed by atoms with Gasteiger partial charge in [0.1, 0.15) is 0 Å². The summed E-state index contributed by atoms with van der Waals surface area (Å²) in [4.78, 5) is 1.24. The first-order valence-corrected chi connectivity index (χ1v) is 6.00. The van der Waals surface area contributed by atoms with Crippen molar-refractivity contribution in [3.63, 3.8) is 0 Å². The van der Waals surface area contributed by atoms with E-state index in [1.54, 1.807) is 39.8 Å². The second-order valence-corrected chi connectivity index (χ2v) is 5.01. The zero-order chi connectivity index (χ0) is 13.2. The Kier molecular flexibility index (Phi) is 4.26. The number of alkyl halides is 2. The Hall–Kier alpha value is -0.960. The molecule has 0 aliphatic heterocycles. The fraction of sp³-hybridized carbons (Fsp3) is 0.571.